The lowest BCUT2D eigenvalue weighted by Crippen LogP contribution is -2.75. The van der Waals surface area contributed by atoms with E-state index in [0.29, 0.717) is 7.05 Å². The number of carboxylic acids is 1. The van der Waals surface area contributed by atoms with Gasteiger partial charge in [-0.1, -0.05) is 0 Å². The van der Waals surface area contributed by atoms with Crippen LogP contribution in [0.1, 0.15) is 6.42 Å². The number of nitrogens with zero attached hydrogens (tertiary/aromatic N) is 1. The normalized spacial score (nSPS) is 15.6. The van der Waals surface area contributed by atoms with E-state index in [-0.39, 0.29) is 0 Å². The van der Waals surface area contributed by atoms with E-state index in [1.54, 1.807) is 0 Å². The van der Waals surface area contributed by atoms with Crippen molar-refractivity contribution >= 4 is 5.97 Å². The molecular formula is C8H19N2O8+. The maximum atomic E-state index is 10.5. The van der Waals surface area contributed by atoms with E-state index >= 15 is 0 Å². The van der Waals surface area contributed by atoms with Crippen LogP contribution in [-0.2, 0) is 4.79 Å². The number of hydrogen-bond donors (Lipinski definition) is 8. The number of quaternary nitrogens is 1. The molecule has 0 aromatic heterocycles. The Bertz CT molecular complexity index is 280. The predicted molar refractivity (Wildman–Crippen MR) is 54.9 cm³/mol. The SMILES string of the molecule is CNC(CC(=O)O)C[N+](C)(C(O)(O)O)C(O)(O)O. The summed E-state index contributed by atoms with van der Waals surface area (Å²) in [4.78, 5) is 10.5. The van der Waals surface area contributed by atoms with Crippen LogP contribution < -0.4 is 5.32 Å². The van der Waals surface area contributed by atoms with Crippen molar-refractivity contribution in [3.63, 3.8) is 0 Å². The smallest absolute Gasteiger partial charge is 0.448 e. The lowest BCUT2D eigenvalue weighted by Gasteiger charge is -2.44. The molecule has 1 unspecified atom stereocenters. The molecule has 0 heterocycles. The van der Waals surface area contributed by atoms with Crippen LogP contribution in [0.15, 0.2) is 0 Å². The molecule has 0 radical (unpaired) electrons. The Morgan fingerprint density at radius 1 is 1.17 bits per heavy atom. The van der Waals surface area contributed by atoms with Gasteiger partial charge in [0.1, 0.15) is 6.54 Å². The summed E-state index contributed by atoms with van der Waals surface area (Å²) in [6.45, 7) is -0.699. The summed E-state index contributed by atoms with van der Waals surface area (Å²) < 4.78 is -1.85. The lowest BCUT2D eigenvalue weighted by molar-refractivity contribution is -1.13. The second-order valence-electron chi connectivity index (χ2n) is 4.16. The average Bonchev–Trinajstić information content (AvgIpc) is 2.12. The molecule has 10 heteroatoms. The zero-order chi connectivity index (χ0) is 14.8. The molecule has 0 spiro atoms. The van der Waals surface area contributed by atoms with E-state index in [1.165, 1.54) is 7.05 Å². The van der Waals surface area contributed by atoms with Crippen molar-refractivity contribution in [1.29, 1.82) is 0 Å². The molecule has 0 aliphatic rings. The largest absolute Gasteiger partial charge is 0.481 e. The van der Waals surface area contributed by atoms with Gasteiger partial charge >= 0.3 is 18.2 Å². The van der Waals surface area contributed by atoms with Crippen molar-refractivity contribution in [2.45, 2.75) is 24.7 Å². The van der Waals surface area contributed by atoms with Crippen LogP contribution in [0.4, 0.5) is 0 Å². The molecule has 0 saturated carbocycles. The molecule has 0 rings (SSSR count). The fourth-order valence-electron chi connectivity index (χ4n) is 1.36. The van der Waals surface area contributed by atoms with Crippen molar-refractivity contribution in [3.8, 4) is 0 Å². The zero-order valence-electron chi connectivity index (χ0n) is 9.98. The first-order chi connectivity index (χ1) is 7.85. The van der Waals surface area contributed by atoms with Gasteiger partial charge < -0.3 is 10.4 Å². The Morgan fingerprint density at radius 2 is 1.56 bits per heavy atom. The van der Waals surface area contributed by atoms with Crippen molar-refractivity contribution in [1.82, 2.24) is 5.32 Å². The second-order valence-corrected chi connectivity index (χ2v) is 4.16. The minimum absolute atomic E-state index is 0.503. The average molecular weight is 271 g/mol. The maximum absolute atomic E-state index is 10.5. The van der Waals surface area contributed by atoms with E-state index in [0.717, 1.165) is 0 Å². The summed E-state index contributed by atoms with van der Waals surface area (Å²) in [5.41, 5.74) is 0. The summed E-state index contributed by atoms with van der Waals surface area (Å²) in [7, 11) is 2.06. The summed E-state index contributed by atoms with van der Waals surface area (Å²) in [6.07, 6.45) is -7.88. The molecule has 0 amide bonds. The van der Waals surface area contributed by atoms with Crippen LogP contribution in [0.2, 0.25) is 0 Å². The number of likely N-dealkylation sites (N-methyl/N-ethyl adjacent to an activating group) is 2. The number of carboxylic acid groups (broad SMARTS) is 1. The van der Waals surface area contributed by atoms with Crippen LogP contribution in [0.25, 0.3) is 0 Å². The topological polar surface area (TPSA) is 171 Å². The highest BCUT2D eigenvalue weighted by atomic mass is 16.8. The highest BCUT2D eigenvalue weighted by Crippen LogP contribution is 2.25. The quantitative estimate of drug-likeness (QED) is 0.168. The molecule has 108 valence electrons. The Morgan fingerprint density at radius 3 is 1.78 bits per heavy atom. The van der Waals surface area contributed by atoms with Gasteiger partial charge in [0, 0.05) is 0 Å². The van der Waals surface area contributed by atoms with Crippen LogP contribution in [0.5, 0.6) is 0 Å². The van der Waals surface area contributed by atoms with Gasteiger partial charge in [0.05, 0.1) is 19.5 Å². The molecular weight excluding hydrogens is 252 g/mol. The summed E-state index contributed by atoms with van der Waals surface area (Å²) in [5, 5.41) is 65.5. The third-order valence-corrected chi connectivity index (χ3v) is 2.74. The van der Waals surface area contributed by atoms with Crippen LogP contribution in [0, 0.1) is 0 Å². The number of carbonyl (C=O) groups is 1. The predicted octanol–water partition coefficient (Wildman–Crippen LogP) is -4.33. The van der Waals surface area contributed by atoms with Crippen LogP contribution in [0.3, 0.4) is 0 Å². The van der Waals surface area contributed by atoms with Gasteiger partial charge in [0.25, 0.3) is 0 Å². The van der Waals surface area contributed by atoms with Crippen molar-refractivity contribution in [3.05, 3.63) is 0 Å². The highest BCUT2D eigenvalue weighted by Gasteiger charge is 2.60. The standard InChI is InChI=1S/C8H18N2O8/c1-9-5(3-6(11)12)4-10(2,7(13,14)15)8(16,17)18/h5,9,13-18H,3-4H2,1-2H3/p+1. The fraction of sp³-hybridized carbons (Fsp3) is 0.875. The minimum Gasteiger partial charge on any atom is -0.481 e. The zero-order valence-corrected chi connectivity index (χ0v) is 9.98. The van der Waals surface area contributed by atoms with Crippen molar-refractivity contribution < 1.29 is 45.0 Å². The van der Waals surface area contributed by atoms with Gasteiger partial charge in [-0.3, -0.25) is 35.4 Å². The van der Waals surface area contributed by atoms with Gasteiger partial charge in [-0.25, -0.2) is 0 Å². The fourth-order valence-corrected chi connectivity index (χ4v) is 1.36. The van der Waals surface area contributed by atoms with Gasteiger partial charge in [-0.15, -0.1) is 0 Å². The highest BCUT2D eigenvalue weighted by molar-refractivity contribution is 5.67. The van der Waals surface area contributed by atoms with Gasteiger partial charge in [-0.2, -0.15) is 4.48 Å². The number of aliphatic carboxylic acids is 1. The van der Waals surface area contributed by atoms with E-state index < -0.39 is 41.7 Å². The third kappa shape index (κ3) is 3.83. The molecule has 0 aromatic carbocycles. The van der Waals surface area contributed by atoms with E-state index in [1.807, 2.05) is 0 Å². The van der Waals surface area contributed by atoms with E-state index in [4.69, 9.17) is 35.7 Å². The van der Waals surface area contributed by atoms with E-state index in [2.05, 4.69) is 5.32 Å². The lowest BCUT2D eigenvalue weighted by atomic mass is 10.1. The molecule has 1 atom stereocenters. The Balaban J connectivity index is 5.19. The molecule has 0 fully saturated rings. The Hall–Kier alpha value is -0.850. The summed E-state index contributed by atoms with van der Waals surface area (Å²) >= 11 is 0. The monoisotopic (exact) mass is 271 g/mol. The number of rotatable bonds is 7. The molecule has 0 saturated heterocycles. The Kier molecular flexibility index (Phi) is 5.16. The molecule has 8 N–H and O–H groups in total. The number of hydrogen-bond acceptors (Lipinski definition) is 8. The molecule has 0 aliphatic heterocycles. The minimum atomic E-state index is -3.69. The molecule has 0 bridgehead atoms. The second kappa shape index (κ2) is 5.42. The summed E-state index contributed by atoms with van der Waals surface area (Å²) in [6, 6.07) is -0.968. The molecule has 18 heavy (non-hydrogen) atoms. The van der Waals surface area contributed by atoms with Gasteiger partial charge in [0.15, 0.2) is 0 Å². The molecule has 0 aromatic rings. The van der Waals surface area contributed by atoms with Crippen molar-refractivity contribution in [2.24, 2.45) is 0 Å². The van der Waals surface area contributed by atoms with Crippen molar-refractivity contribution in [2.75, 3.05) is 20.6 Å². The van der Waals surface area contributed by atoms with E-state index in [9.17, 15) is 4.79 Å². The van der Waals surface area contributed by atoms with Crippen LogP contribution >= 0.6 is 0 Å². The third-order valence-electron chi connectivity index (χ3n) is 2.74. The van der Waals surface area contributed by atoms with Crippen LogP contribution in [-0.4, -0.2) is 85.1 Å². The molecule has 10 nitrogen and oxygen atoms in total. The first-order valence-electron chi connectivity index (χ1n) is 4.94. The first kappa shape index (κ1) is 17.2. The molecule has 0 aliphatic carbocycles. The number of nitrogens with one attached hydrogen (secondary N) is 1. The maximum Gasteiger partial charge on any atom is 0.448 e. The van der Waals surface area contributed by atoms with Gasteiger partial charge in [0.2, 0.25) is 0 Å². The summed E-state index contributed by atoms with van der Waals surface area (Å²) in [5.74, 6) is -1.24. The number of aliphatic hydroxyl groups is 6. The first-order valence-corrected chi connectivity index (χ1v) is 4.94. The Labute approximate surface area is 103 Å². The van der Waals surface area contributed by atoms with Gasteiger partial charge in [-0.05, 0) is 7.05 Å².